The van der Waals surface area contributed by atoms with Gasteiger partial charge in [-0.2, -0.15) is 0 Å². The molecule has 0 aliphatic carbocycles. The molecule has 0 rings (SSSR count). The SMILES string of the molecule is C#CCCC(C)=CCCNCCOC. The van der Waals surface area contributed by atoms with E-state index in [0.717, 1.165) is 39.0 Å². The van der Waals surface area contributed by atoms with Gasteiger partial charge in [-0.25, -0.2) is 0 Å². The molecule has 2 heteroatoms. The molecule has 0 saturated carbocycles. The van der Waals surface area contributed by atoms with E-state index in [4.69, 9.17) is 11.2 Å². The van der Waals surface area contributed by atoms with Crippen molar-refractivity contribution in [3.05, 3.63) is 11.6 Å². The Bertz CT molecular complexity index is 191. The van der Waals surface area contributed by atoms with Crippen LogP contribution in [0, 0.1) is 12.3 Å². The molecule has 0 aliphatic heterocycles. The number of nitrogens with one attached hydrogen (secondary N) is 1. The van der Waals surface area contributed by atoms with Crippen molar-refractivity contribution >= 4 is 0 Å². The Kier molecular flexibility index (Phi) is 9.73. The van der Waals surface area contributed by atoms with Crippen molar-refractivity contribution in [1.82, 2.24) is 5.32 Å². The molecule has 1 N–H and O–H groups in total. The molecular weight excluding hydrogens is 174 g/mol. The van der Waals surface area contributed by atoms with Crippen LogP contribution in [0.2, 0.25) is 0 Å². The standard InChI is InChI=1S/C12H21NO/c1-4-5-7-12(2)8-6-9-13-10-11-14-3/h1,8,13H,5-7,9-11H2,2-3H3. The summed E-state index contributed by atoms with van der Waals surface area (Å²) in [7, 11) is 1.71. The average molecular weight is 195 g/mol. The van der Waals surface area contributed by atoms with Gasteiger partial charge in [-0.1, -0.05) is 11.6 Å². The van der Waals surface area contributed by atoms with Crippen molar-refractivity contribution in [1.29, 1.82) is 0 Å². The highest BCUT2D eigenvalue weighted by Crippen LogP contribution is 2.03. The molecule has 0 amide bonds. The first-order valence-electron chi connectivity index (χ1n) is 5.10. The van der Waals surface area contributed by atoms with Crippen molar-refractivity contribution in [2.75, 3.05) is 26.8 Å². The molecule has 0 aromatic carbocycles. The minimum atomic E-state index is 0.778. The molecule has 0 spiro atoms. The second-order valence-corrected chi connectivity index (χ2v) is 3.29. The maximum atomic E-state index is 5.18. The van der Waals surface area contributed by atoms with Crippen LogP contribution >= 0.6 is 0 Å². The number of hydrogen-bond acceptors (Lipinski definition) is 2. The van der Waals surface area contributed by atoms with E-state index in [1.54, 1.807) is 7.11 Å². The smallest absolute Gasteiger partial charge is 0.0587 e. The molecule has 0 aromatic rings. The summed E-state index contributed by atoms with van der Waals surface area (Å²) in [6.07, 6.45) is 10.4. The summed E-state index contributed by atoms with van der Waals surface area (Å²) in [4.78, 5) is 0. The predicted octanol–water partition coefficient (Wildman–Crippen LogP) is 1.97. The summed E-state index contributed by atoms with van der Waals surface area (Å²) >= 11 is 0. The zero-order valence-electron chi connectivity index (χ0n) is 9.31. The molecule has 0 aliphatic rings. The highest BCUT2D eigenvalue weighted by Gasteiger charge is 1.88. The van der Waals surface area contributed by atoms with Gasteiger partial charge in [-0.05, 0) is 26.3 Å². The van der Waals surface area contributed by atoms with Crippen LogP contribution < -0.4 is 5.32 Å². The fourth-order valence-corrected chi connectivity index (χ4v) is 1.09. The topological polar surface area (TPSA) is 21.3 Å². The first kappa shape index (κ1) is 13.2. The molecule has 0 aromatic heterocycles. The first-order chi connectivity index (χ1) is 6.81. The molecule has 0 bridgehead atoms. The van der Waals surface area contributed by atoms with Gasteiger partial charge < -0.3 is 10.1 Å². The van der Waals surface area contributed by atoms with Gasteiger partial charge in [0.25, 0.3) is 0 Å². The minimum Gasteiger partial charge on any atom is -0.383 e. The van der Waals surface area contributed by atoms with Crippen LogP contribution in [-0.2, 0) is 4.74 Å². The number of rotatable bonds is 8. The molecule has 0 radical (unpaired) electrons. The largest absolute Gasteiger partial charge is 0.383 e. The van der Waals surface area contributed by atoms with E-state index in [9.17, 15) is 0 Å². The minimum absolute atomic E-state index is 0.778. The second kappa shape index (κ2) is 10.3. The lowest BCUT2D eigenvalue weighted by Crippen LogP contribution is -2.19. The van der Waals surface area contributed by atoms with Crippen molar-refractivity contribution in [3.8, 4) is 12.3 Å². The van der Waals surface area contributed by atoms with Gasteiger partial charge in [0.05, 0.1) is 6.61 Å². The molecule has 0 saturated heterocycles. The van der Waals surface area contributed by atoms with Crippen molar-refractivity contribution in [3.63, 3.8) is 0 Å². The van der Waals surface area contributed by atoms with Crippen LogP contribution in [0.1, 0.15) is 26.2 Å². The molecule has 0 atom stereocenters. The zero-order chi connectivity index (χ0) is 10.6. The second-order valence-electron chi connectivity index (χ2n) is 3.29. The lowest BCUT2D eigenvalue weighted by molar-refractivity contribution is 0.199. The van der Waals surface area contributed by atoms with E-state index < -0.39 is 0 Å². The number of ether oxygens (including phenoxy) is 1. The van der Waals surface area contributed by atoms with Crippen molar-refractivity contribution in [2.24, 2.45) is 0 Å². The third kappa shape index (κ3) is 9.31. The van der Waals surface area contributed by atoms with Crippen LogP contribution in [0.15, 0.2) is 11.6 Å². The van der Waals surface area contributed by atoms with Gasteiger partial charge in [0.2, 0.25) is 0 Å². The fourth-order valence-electron chi connectivity index (χ4n) is 1.09. The van der Waals surface area contributed by atoms with E-state index in [-0.39, 0.29) is 0 Å². The highest BCUT2D eigenvalue weighted by molar-refractivity contribution is 5.01. The van der Waals surface area contributed by atoms with Gasteiger partial charge in [0, 0.05) is 20.1 Å². The predicted molar refractivity (Wildman–Crippen MR) is 61.2 cm³/mol. The summed E-state index contributed by atoms with van der Waals surface area (Å²) in [5.74, 6) is 2.64. The highest BCUT2D eigenvalue weighted by atomic mass is 16.5. The Morgan fingerprint density at radius 2 is 2.29 bits per heavy atom. The van der Waals surface area contributed by atoms with E-state index >= 15 is 0 Å². The van der Waals surface area contributed by atoms with E-state index in [1.165, 1.54) is 5.57 Å². The normalized spacial score (nSPS) is 11.4. The van der Waals surface area contributed by atoms with Gasteiger partial charge >= 0.3 is 0 Å². The van der Waals surface area contributed by atoms with E-state index in [2.05, 4.69) is 24.2 Å². The van der Waals surface area contributed by atoms with Crippen molar-refractivity contribution < 1.29 is 4.74 Å². The molecule has 80 valence electrons. The van der Waals surface area contributed by atoms with Gasteiger partial charge in [0.1, 0.15) is 0 Å². The summed E-state index contributed by atoms with van der Waals surface area (Å²) < 4.78 is 4.92. The van der Waals surface area contributed by atoms with Crippen LogP contribution in [-0.4, -0.2) is 26.8 Å². The number of hydrogen-bond donors (Lipinski definition) is 1. The van der Waals surface area contributed by atoms with Gasteiger partial charge in [0.15, 0.2) is 0 Å². The van der Waals surface area contributed by atoms with Crippen LogP contribution in [0.4, 0.5) is 0 Å². The summed E-state index contributed by atoms with van der Waals surface area (Å²) in [5.41, 5.74) is 1.39. The Morgan fingerprint density at radius 1 is 1.50 bits per heavy atom. The maximum absolute atomic E-state index is 5.18. The van der Waals surface area contributed by atoms with Crippen molar-refractivity contribution in [2.45, 2.75) is 26.2 Å². The zero-order valence-corrected chi connectivity index (χ0v) is 9.31. The molecule has 2 nitrogen and oxygen atoms in total. The van der Waals surface area contributed by atoms with Crippen LogP contribution in [0.25, 0.3) is 0 Å². The number of methoxy groups -OCH3 is 1. The van der Waals surface area contributed by atoms with Crippen LogP contribution in [0.5, 0.6) is 0 Å². The quantitative estimate of drug-likeness (QED) is 0.363. The monoisotopic (exact) mass is 195 g/mol. The average Bonchev–Trinajstić information content (AvgIpc) is 2.20. The summed E-state index contributed by atoms with van der Waals surface area (Å²) in [6, 6.07) is 0. The third-order valence-corrected chi connectivity index (χ3v) is 1.96. The Morgan fingerprint density at radius 3 is 2.93 bits per heavy atom. The van der Waals surface area contributed by atoms with Crippen LogP contribution in [0.3, 0.4) is 0 Å². The maximum Gasteiger partial charge on any atom is 0.0587 e. The Hall–Kier alpha value is -0.780. The summed E-state index contributed by atoms with van der Waals surface area (Å²) in [6.45, 7) is 4.84. The summed E-state index contributed by atoms with van der Waals surface area (Å²) in [5, 5.41) is 3.29. The molecule has 0 unspecified atom stereocenters. The molecule has 14 heavy (non-hydrogen) atoms. The van der Waals surface area contributed by atoms with E-state index in [1.807, 2.05) is 0 Å². The third-order valence-electron chi connectivity index (χ3n) is 1.96. The number of terminal acetylenes is 1. The lowest BCUT2D eigenvalue weighted by Gasteiger charge is -2.02. The van der Waals surface area contributed by atoms with E-state index in [0.29, 0.717) is 0 Å². The Labute approximate surface area is 87.7 Å². The lowest BCUT2D eigenvalue weighted by atomic mass is 10.1. The molecule has 0 fully saturated rings. The molecule has 0 heterocycles. The molecular formula is C12H21NO. The van der Waals surface area contributed by atoms with Gasteiger partial charge in [-0.3, -0.25) is 0 Å². The van der Waals surface area contributed by atoms with Gasteiger partial charge in [-0.15, -0.1) is 12.3 Å². The number of allylic oxidation sites excluding steroid dienone is 1. The fraction of sp³-hybridized carbons (Fsp3) is 0.667. The Balaban J connectivity index is 3.28. The first-order valence-corrected chi connectivity index (χ1v) is 5.10.